The minimum Gasteiger partial charge on any atom is -0.406 e. The Morgan fingerprint density at radius 1 is 0.906 bits per heavy atom. The van der Waals surface area contributed by atoms with Crippen molar-refractivity contribution >= 4 is 0 Å². The number of alkyl halides is 3. The van der Waals surface area contributed by atoms with Crippen LogP contribution in [0.4, 0.5) is 17.6 Å². The summed E-state index contributed by atoms with van der Waals surface area (Å²) in [4.78, 5) is 0. The lowest BCUT2D eigenvalue weighted by atomic mass is 9.69. The van der Waals surface area contributed by atoms with Gasteiger partial charge in [0.2, 0.25) is 0 Å². The Balaban J connectivity index is 1.44. The largest absolute Gasteiger partial charge is 0.573 e. The Labute approximate surface area is 186 Å². The molecule has 0 radical (unpaired) electrons. The molecule has 2 aliphatic rings. The molecule has 0 spiro atoms. The van der Waals surface area contributed by atoms with Crippen LogP contribution in [0.1, 0.15) is 54.4 Å². The Kier molecular flexibility index (Phi) is 6.60. The summed E-state index contributed by atoms with van der Waals surface area (Å²) in [5.41, 5.74) is 3.06. The van der Waals surface area contributed by atoms with Crippen LogP contribution in [0, 0.1) is 35.4 Å². The molecule has 1 nitrogen and oxygen atoms in total. The van der Waals surface area contributed by atoms with Crippen molar-refractivity contribution in [2.24, 2.45) is 17.8 Å². The quantitative estimate of drug-likeness (QED) is 0.277. The SMILES string of the molecule is C=CC1CCC(C2CCc3cc(C#Cc4ccc(OC(F)(F)F)cc4)c(F)cc3C2)CC1. The van der Waals surface area contributed by atoms with Crippen molar-refractivity contribution in [2.45, 2.75) is 51.3 Å². The summed E-state index contributed by atoms with van der Waals surface area (Å²) in [7, 11) is 0. The maximum atomic E-state index is 14.7. The van der Waals surface area contributed by atoms with Gasteiger partial charge in [-0.3, -0.25) is 0 Å². The molecule has 32 heavy (non-hydrogen) atoms. The Hall–Kier alpha value is -2.74. The summed E-state index contributed by atoms with van der Waals surface area (Å²) in [5.74, 6) is 6.99. The summed E-state index contributed by atoms with van der Waals surface area (Å²) in [5, 5.41) is 0. The normalized spacial score (nSPS) is 22.9. The zero-order valence-electron chi connectivity index (χ0n) is 17.9. The van der Waals surface area contributed by atoms with E-state index in [0.717, 1.165) is 30.4 Å². The second kappa shape index (κ2) is 9.40. The van der Waals surface area contributed by atoms with Crippen LogP contribution in [0.5, 0.6) is 5.75 Å². The summed E-state index contributed by atoms with van der Waals surface area (Å²) < 4.78 is 55.4. The molecule has 1 unspecified atom stereocenters. The lowest BCUT2D eigenvalue weighted by molar-refractivity contribution is -0.274. The molecule has 0 bridgehead atoms. The van der Waals surface area contributed by atoms with Gasteiger partial charge in [-0.05, 0) is 110 Å². The number of allylic oxidation sites excluding steroid dienone is 1. The first-order valence-electron chi connectivity index (χ1n) is 11.1. The highest BCUT2D eigenvalue weighted by molar-refractivity contribution is 5.48. The molecule has 0 heterocycles. The van der Waals surface area contributed by atoms with E-state index in [1.165, 1.54) is 49.9 Å². The number of hydrogen-bond acceptors (Lipinski definition) is 1. The van der Waals surface area contributed by atoms with E-state index in [4.69, 9.17) is 0 Å². The molecule has 0 saturated heterocycles. The zero-order chi connectivity index (χ0) is 22.7. The molecule has 5 heteroatoms. The van der Waals surface area contributed by atoms with E-state index >= 15 is 0 Å². The van der Waals surface area contributed by atoms with Gasteiger partial charge in [-0.2, -0.15) is 0 Å². The number of hydrogen-bond donors (Lipinski definition) is 0. The molecule has 2 aromatic rings. The lowest BCUT2D eigenvalue weighted by Crippen LogP contribution is -2.26. The Bertz CT molecular complexity index is 1020. The second-order valence-electron chi connectivity index (χ2n) is 8.84. The van der Waals surface area contributed by atoms with Crippen LogP contribution in [0.2, 0.25) is 0 Å². The van der Waals surface area contributed by atoms with Gasteiger partial charge in [0, 0.05) is 5.56 Å². The maximum absolute atomic E-state index is 14.7. The van der Waals surface area contributed by atoms with Crippen molar-refractivity contribution in [1.82, 2.24) is 0 Å². The summed E-state index contributed by atoms with van der Waals surface area (Å²) in [6.07, 6.45) is 5.20. The summed E-state index contributed by atoms with van der Waals surface area (Å²) >= 11 is 0. The molecular weight excluding hydrogens is 416 g/mol. The van der Waals surface area contributed by atoms with Gasteiger partial charge >= 0.3 is 6.36 Å². The molecule has 2 aromatic carbocycles. The van der Waals surface area contributed by atoms with Gasteiger partial charge < -0.3 is 4.74 Å². The van der Waals surface area contributed by atoms with E-state index in [0.29, 0.717) is 28.9 Å². The monoisotopic (exact) mass is 442 g/mol. The number of aryl methyl sites for hydroxylation is 1. The molecule has 0 N–H and O–H groups in total. The molecule has 2 aliphatic carbocycles. The van der Waals surface area contributed by atoms with Crippen molar-refractivity contribution in [2.75, 3.05) is 0 Å². The van der Waals surface area contributed by atoms with Gasteiger partial charge in [0.05, 0.1) is 5.56 Å². The fourth-order valence-electron chi connectivity index (χ4n) is 5.04. The Morgan fingerprint density at radius 2 is 1.62 bits per heavy atom. The van der Waals surface area contributed by atoms with E-state index in [1.807, 2.05) is 6.07 Å². The fourth-order valence-corrected chi connectivity index (χ4v) is 5.04. The first-order valence-corrected chi connectivity index (χ1v) is 11.1. The predicted octanol–water partition coefficient (Wildman–Crippen LogP) is 7.22. The van der Waals surface area contributed by atoms with Crippen molar-refractivity contribution in [3.63, 3.8) is 0 Å². The van der Waals surface area contributed by atoms with E-state index in [9.17, 15) is 17.6 Å². The topological polar surface area (TPSA) is 9.23 Å². The molecule has 0 aromatic heterocycles. The number of ether oxygens (including phenoxy) is 1. The summed E-state index contributed by atoms with van der Waals surface area (Å²) in [6, 6.07) is 8.71. The van der Waals surface area contributed by atoms with Gasteiger partial charge in [-0.1, -0.05) is 17.9 Å². The summed E-state index contributed by atoms with van der Waals surface area (Å²) in [6.45, 7) is 3.92. The zero-order valence-corrected chi connectivity index (χ0v) is 17.9. The van der Waals surface area contributed by atoms with Crippen molar-refractivity contribution in [3.8, 4) is 17.6 Å². The minimum atomic E-state index is -4.73. The van der Waals surface area contributed by atoms with Crippen LogP contribution in [0.3, 0.4) is 0 Å². The van der Waals surface area contributed by atoms with Crippen LogP contribution in [0.25, 0.3) is 0 Å². The number of fused-ring (bicyclic) bond motifs is 1. The van der Waals surface area contributed by atoms with Gasteiger partial charge in [-0.25, -0.2) is 4.39 Å². The third-order valence-corrected chi connectivity index (χ3v) is 6.80. The number of rotatable bonds is 3. The van der Waals surface area contributed by atoms with Crippen LogP contribution < -0.4 is 4.74 Å². The highest BCUT2D eigenvalue weighted by Gasteiger charge is 2.31. The average Bonchev–Trinajstić information content (AvgIpc) is 2.77. The van der Waals surface area contributed by atoms with Gasteiger partial charge in [0.1, 0.15) is 11.6 Å². The lowest BCUT2D eigenvalue weighted by Gasteiger charge is -2.36. The number of halogens is 4. The molecule has 1 fully saturated rings. The minimum absolute atomic E-state index is 0.310. The van der Waals surface area contributed by atoms with Crippen molar-refractivity contribution < 1.29 is 22.3 Å². The van der Waals surface area contributed by atoms with E-state index in [-0.39, 0.29) is 11.6 Å². The van der Waals surface area contributed by atoms with Crippen LogP contribution >= 0.6 is 0 Å². The molecule has 0 amide bonds. The van der Waals surface area contributed by atoms with Crippen molar-refractivity contribution in [3.05, 3.63) is 77.1 Å². The highest BCUT2D eigenvalue weighted by atomic mass is 19.4. The standard InChI is InChI=1S/C27H26F4O/c1-2-18-3-8-20(9-4-18)21-11-12-22-15-23(26(28)17-24(22)16-21)10-5-19-6-13-25(14-7-19)32-27(29,30)31/h2,6-7,13-15,17-18,20-21H,1,3-4,8-9,11-12,16H2. The fraction of sp³-hybridized carbons (Fsp3) is 0.407. The van der Waals surface area contributed by atoms with Gasteiger partial charge in [0.25, 0.3) is 0 Å². The predicted molar refractivity (Wildman–Crippen MR) is 117 cm³/mol. The maximum Gasteiger partial charge on any atom is 0.573 e. The molecule has 1 atom stereocenters. The van der Waals surface area contributed by atoms with Gasteiger partial charge in [0.15, 0.2) is 0 Å². The third kappa shape index (κ3) is 5.54. The van der Waals surface area contributed by atoms with E-state index < -0.39 is 6.36 Å². The van der Waals surface area contributed by atoms with Crippen LogP contribution in [-0.2, 0) is 12.8 Å². The van der Waals surface area contributed by atoms with Crippen molar-refractivity contribution in [1.29, 1.82) is 0 Å². The second-order valence-corrected chi connectivity index (χ2v) is 8.84. The Morgan fingerprint density at radius 3 is 2.28 bits per heavy atom. The third-order valence-electron chi connectivity index (χ3n) is 6.80. The smallest absolute Gasteiger partial charge is 0.406 e. The van der Waals surface area contributed by atoms with Gasteiger partial charge in [-0.15, -0.1) is 19.8 Å². The number of benzene rings is 2. The van der Waals surface area contributed by atoms with Crippen LogP contribution in [0.15, 0.2) is 49.1 Å². The molecular formula is C27H26F4O. The first kappa shape index (κ1) is 22.5. The van der Waals surface area contributed by atoms with Crippen LogP contribution in [-0.4, -0.2) is 6.36 Å². The molecule has 4 rings (SSSR count). The van der Waals surface area contributed by atoms with E-state index in [1.54, 1.807) is 6.07 Å². The molecule has 0 aliphatic heterocycles. The first-order chi connectivity index (χ1) is 15.3. The van der Waals surface area contributed by atoms with E-state index in [2.05, 4.69) is 29.2 Å². The molecule has 168 valence electrons. The molecule has 1 saturated carbocycles. The average molecular weight is 442 g/mol. The highest BCUT2D eigenvalue weighted by Crippen LogP contribution is 2.40.